The summed E-state index contributed by atoms with van der Waals surface area (Å²) in [6.45, 7) is 4.85. The number of rotatable bonds is 12. The van der Waals surface area contributed by atoms with Crippen LogP contribution in [-0.2, 0) is 0 Å². The Hall–Kier alpha value is -0.240. The Balaban J connectivity index is 2.75. The maximum Gasteiger partial charge on any atom is 0.117 e. The third-order valence-corrected chi connectivity index (χ3v) is 5.49. The van der Waals surface area contributed by atoms with Gasteiger partial charge in [-0.05, 0) is 52.7 Å². The molecule has 0 heterocycles. The second kappa shape index (κ2) is 11.4. The number of aliphatic hydroxyl groups excluding tert-OH is 1. The molecule has 0 amide bonds. The minimum atomic E-state index is -0.946. The zero-order valence-corrected chi connectivity index (χ0v) is 15.8. The van der Waals surface area contributed by atoms with Crippen LogP contribution >= 0.6 is 0 Å². The van der Waals surface area contributed by atoms with E-state index in [4.69, 9.17) is 11.5 Å². The van der Waals surface area contributed by atoms with Gasteiger partial charge in [-0.25, -0.2) is 0 Å². The van der Waals surface area contributed by atoms with Gasteiger partial charge in [-0.1, -0.05) is 19.3 Å². The monoisotopic (exact) mass is 344 g/mol. The van der Waals surface area contributed by atoms with Crippen LogP contribution in [0.4, 0.5) is 0 Å². The van der Waals surface area contributed by atoms with Crippen LogP contribution in [0.1, 0.15) is 58.3 Å². The summed E-state index contributed by atoms with van der Waals surface area (Å²) in [6.07, 6.45) is 8.52. The first-order chi connectivity index (χ1) is 11.5. The molecule has 6 N–H and O–H groups in total. The zero-order chi connectivity index (χ0) is 18.0. The second-order valence-corrected chi connectivity index (χ2v) is 7.49. The Morgan fingerprint density at radius 3 is 2.21 bits per heavy atom. The van der Waals surface area contributed by atoms with Crippen LogP contribution < -0.4 is 11.5 Å². The largest absolute Gasteiger partial charge is 0.395 e. The van der Waals surface area contributed by atoms with Crippen molar-refractivity contribution in [3.05, 3.63) is 0 Å². The van der Waals surface area contributed by atoms with Gasteiger partial charge in [0.15, 0.2) is 0 Å². The Kier molecular flexibility index (Phi) is 10.3. The Labute approximate surface area is 148 Å². The number of nitrogens with two attached hydrogens (primary N) is 2. The molecule has 2 atom stereocenters. The van der Waals surface area contributed by atoms with Crippen molar-refractivity contribution in [2.45, 2.75) is 76.1 Å². The van der Waals surface area contributed by atoms with Crippen molar-refractivity contribution in [1.82, 2.24) is 9.80 Å². The van der Waals surface area contributed by atoms with Gasteiger partial charge in [0, 0.05) is 31.6 Å². The van der Waals surface area contributed by atoms with E-state index < -0.39 is 5.72 Å². The molecule has 24 heavy (non-hydrogen) atoms. The summed E-state index contributed by atoms with van der Waals surface area (Å²) in [6, 6.07) is 0.475. The highest BCUT2D eigenvalue weighted by atomic mass is 16.3. The van der Waals surface area contributed by atoms with Gasteiger partial charge in [-0.15, -0.1) is 0 Å². The second-order valence-electron chi connectivity index (χ2n) is 7.49. The lowest BCUT2D eigenvalue weighted by atomic mass is 9.91. The molecular formula is C18H40N4O2. The summed E-state index contributed by atoms with van der Waals surface area (Å²) in [5.74, 6) is 0. The fourth-order valence-corrected chi connectivity index (χ4v) is 3.81. The normalized spacial score (nSPS) is 20.5. The van der Waals surface area contributed by atoms with Gasteiger partial charge >= 0.3 is 0 Å². The van der Waals surface area contributed by atoms with Gasteiger partial charge in [-0.3, -0.25) is 9.80 Å². The molecule has 1 rings (SSSR count). The fourth-order valence-electron chi connectivity index (χ4n) is 3.81. The third-order valence-electron chi connectivity index (χ3n) is 5.49. The predicted octanol–water partition coefficient (Wildman–Crippen LogP) is 0.710. The molecule has 0 saturated heterocycles. The molecule has 6 heteroatoms. The van der Waals surface area contributed by atoms with Crippen molar-refractivity contribution in [2.24, 2.45) is 11.5 Å². The quantitative estimate of drug-likeness (QED) is 0.389. The number of hydrogen-bond donors (Lipinski definition) is 4. The van der Waals surface area contributed by atoms with E-state index in [2.05, 4.69) is 4.90 Å². The Morgan fingerprint density at radius 1 is 1.08 bits per heavy atom. The Bertz CT molecular complexity index is 322. The van der Waals surface area contributed by atoms with Crippen LogP contribution in [-0.4, -0.2) is 77.7 Å². The molecular weight excluding hydrogens is 304 g/mol. The fraction of sp³-hybridized carbons (Fsp3) is 1.00. The van der Waals surface area contributed by atoms with Crippen LogP contribution in [0.15, 0.2) is 0 Å². The highest BCUT2D eigenvalue weighted by Crippen LogP contribution is 2.28. The van der Waals surface area contributed by atoms with Gasteiger partial charge in [0.1, 0.15) is 5.72 Å². The average molecular weight is 345 g/mol. The predicted molar refractivity (Wildman–Crippen MR) is 99.7 cm³/mol. The average Bonchev–Trinajstić information content (AvgIpc) is 2.59. The van der Waals surface area contributed by atoms with E-state index in [9.17, 15) is 10.2 Å². The molecule has 0 aromatic rings. The van der Waals surface area contributed by atoms with Gasteiger partial charge in [-0.2, -0.15) is 0 Å². The lowest BCUT2D eigenvalue weighted by Gasteiger charge is -2.44. The van der Waals surface area contributed by atoms with Crippen LogP contribution in [0.25, 0.3) is 0 Å². The van der Waals surface area contributed by atoms with Crippen LogP contribution in [0, 0.1) is 0 Å². The SMILES string of the molecule is CN(CCCN)C(C)(O)CC(CO)N(CCCN)C1CCCCC1. The molecule has 1 saturated carbocycles. The van der Waals surface area contributed by atoms with Crippen molar-refractivity contribution in [3.63, 3.8) is 0 Å². The molecule has 144 valence electrons. The first-order valence-electron chi connectivity index (χ1n) is 9.66. The van der Waals surface area contributed by atoms with Crippen LogP contribution in [0.5, 0.6) is 0 Å². The van der Waals surface area contributed by atoms with Crippen molar-refractivity contribution >= 4 is 0 Å². The smallest absolute Gasteiger partial charge is 0.117 e. The van der Waals surface area contributed by atoms with Crippen molar-refractivity contribution in [3.8, 4) is 0 Å². The van der Waals surface area contributed by atoms with Crippen LogP contribution in [0.2, 0.25) is 0 Å². The molecule has 0 aliphatic heterocycles. The summed E-state index contributed by atoms with van der Waals surface area (Å²) < 4.78 is 0. The third kappa shape index (κ3) is 6.94. The van der Waals surface area contributed by atoms with Gasteiger partial charge in [0.2, 0.25) is 0 Å². The standard InChI is InChI=1S/C18H40N4O2/c1-18(24,21(2)12-6-10-19)14-17(15-23)22(13-7-11-20)16-8-4-3-5-9-16/h16-17,23-24H,3-15,19-20H2,1-2H3. The molecule has 2 unspecified atom stereocenters. The van der Waals surface area contributed by atoms with Crippen LogP contribution in [0.3, 0.4) is 0 Å². The molecule has 0 aromatic carbocycles. The lowest BCUT2D eigenvalue weighted by molar-refractivity contribution is -0.109. The summed E-state index contributed by atoms with van der Waals surface area (Å²) in [7, 11) is 1.93. The molecule has 0 radical (unpaired) electrons. The van der Waals surface area contributed by atoms with E-state index in [-0.39, 0.29) is 12.6 Å². The molecule has 6 nitrogen and oxygen atoms in total. The molecule has 0 aromatic heterocycles. The molecule has 1 aliphatic carbocycles. The maximum atomic E-state index is 10.9. The van der Waals surface area contributed by atoms with E-state index in [1.807, 2.05) is 18.9 Å². The minimum absolute atomic E-state index is 0.0324. The van der Waals surface area contributed by atoms with E-state index in [0.717, 1.165) is 25.9 Å². The van der Waals surface area contributed by atoms with Crippen molar-refractivity contribution in [2.75, 3.05) is 39.8 Å². The first-order valence-corrected chi connectivity index (χ1v) is 9.66. The number of nitrogens with zero attached hydrogens (tertiary/aromatic N) is 2. The topological polar surface area (TPSA) is 99.0 Å². The maximum absolute atomic E-state index is 10.9. The number of hydrogen-bond acceptors (Lipinski definition) is 6. The Morgan fingerprint density at radius 2 is 1.67 bits per heavy atom. The van der Waals surface area contributed by atoms with E-state index >= 15 is 0 Å². The zero-order valence-electron chi connectivity index (χ0n) is 15.8. The highest BCUT2D eigenvalue weighted by Gasteiger charge is 2.34. The first kappa shape index (κ1) is 21.8. The number of aliphatic hydroxyl groups is 2. The summed E-state index contributed by atoms with van der Waals surface area (Å²) in [5.41, 5.74) is 10.4. The summed E-state index contributed by atoms with van der Waals surface area (Å²) in [4.78, 5) is 4.36. The van der Waals surface area contributed by atoms with E-state index in [1.165, 1.54) is 32.1 Å². The summed E-state index contributed by atoms with van der Waals surface area (Å²) in [5, 5.41) is 20.9. The van der Waals surface area contributed by atoms with Crippen molar-refractivity contribution < 1.29 is 10.2 Å². The van der Waals surface area contributed by atoms with Gasteiger partial charge < -0.3 is 21.7 Å². The van der Waals surface area contributed by atoms with E-state index in [1.54, 1.807) is 0 Å². The highest BCUT2D eigenvalue weighted by molar-refractivity contribution is 4.86. The molecule has 0 spiro atoms. The molecule has 0 bridgehead atoms. The summed E-state index contributed by atoms with van der Waals surface area (Å²) >= 11 is 0. The van der Waals surface area contributed by atoms with Crippen molar-refractivity contribution in [1.29, 1.82) is 0 Å². The molecule has 1 aliphatic rings. The van der Waals surface area contributed by atoms with E-state index in [0.29, 0.717) is 25.6 Å². The molecule has 1 fully saturated rings. The minimum Gasteiger partial charge on any atom is -0.395 e. The van der Waals surface area contributed by atoms with Gasteiger partial charge in [0.25, 0.3) is 0 Å². The van der Waals surface area contributed by atoms with Gasteiger partial charge in [0.05, 0.1) is 6.61 Å². The lowest BCUT2D eigenvalue weighted by Crippen LogP contribution is -2.54.